The molecule has 3 unspecified atom stereocenters. The molecule has 0 radical (unpaired) electrons. The van der Waals surface area contributed by atoms with Gasteiger partial charge in [-0.3, -0.25) is 29.5 Å². The van der Waals surface area contributed by atoms with E-state index in [9.17, 15) is 14.7 Å². The van der Waals surface area contributed by atoms with Crippen LogP contribution in [0.15, 0.2) is 60.9 Å². The number of anilines is 1. The van der Waals surface area contributed by atoms with E-state index in [1.807, 2.05) is 16.6 Å². The van der Waals surface area contributed by atoms with Crippen molar-refractivity contribution in [3.8, 4) is 35.4 Å². The molecule has 13 rings (SSSR count). The highest BCUT2D eigenvalue weighted by Gasteiger charge is 2.46. The maximum Gasteiger partial charge on any atom is 0.318 e. The van der Waals surface area contributed by atoms with Gasteiger partial charge in [0.15, 0.2) is 11.6 Å². The average Bonchev–Trinajstić information content (AvgIpc) is 4.06. The molecule has 380 valence electrons. The third-order valence-electron chi connectivity index (χ3n) is 17.0. The third kappa shape index (κ3) is 9.59. The van der Waals surface area contributed by atoms with Gasteiger partial charge < -0.3 is 29.9 Å². The molecule has 9 heterocycles. The lowest BCUT2D eigenvalue weighted by atomic mass is 9.87. The number of terminal acetylenes is 1. The molecule has 3 N–H and O–H groups in total. The number of aromatic nitrogens is 5. The Balaban J connectivity index is 0.647. The van der Waals surface area contributed by atoms with Crippen LogP contribution in [0.25, 0.3) is 32.9 Å². The highest BCUT2D eigenvalue weighted by atomic mass is 19.1. The number of rotatable bonds is 12. The molecule has 2 bridgehead atoms. The Hall–Kier alpha value is -6.32. The monoisotopic (exact) mass is 992 g/mol. The van der Waals surface area contributed by atoms with Gasteiger partial charge in [-0.05, 0) is 131 Å². The van der Waals surface area contributed by atoms with Gasteiger partial charge in [0.25, 0.3) is 0 Å². The fraction of sp³-hybridized carbons (Fsp3) is 0.500. The number of aromatic hydroxyl groups is 1. The van der Waals surface area contributed by atoms with Gasteiger partial charge in [-0.2, -0.15) is 10.1 Å². The standard InChI is InChI=1S/C56H63F2N11O4/c1-3-42-46(57)9-6-37-23-41(70)26-45(49(37)42)52-50(58)53(69-30-38-25-39(31-69)61-38)63-55(60-18-4-17-59-52)73-33-56(15-16-56)32-67-21-13-40(14-22-67)68-28-34(29-68)27-66-19-11-35(12-20-66)36-5-7-43-47(24-36)65(2)64-51(43)44-8-10-48(71)62-54(44)72/h1,4-7,9,17-18,23-24,26,34-35,38-40,44,61,70H,8,10-16,19-22,25,27-33H2,2H3,(H,62,71,72). The van der Waals surface area contributed by atoms with Gasteiger partial charge in [0.05, 0.1) is 29.3 Å². The molecule has 8 aliphatic rings. The van der Waals surface area contributed by atoms with E-state index < -0.39 is 17.6 Å². The molecule has 2 aromatic heterocycles. The van der Waals surface area contributed by atoms with E-state index in [1.54, 1.807) is 6.07 Å². The second-order valence-corrected chi connectivity index (χ2v) is 22.0. The molecule has 1 aliphatic carbocycles. The number of likely N-dealkylation sites (tertiary alicyclic amines) is 3. The van der Waals surface area contributed by atoms with Gasteiger partial charge >= 0.3 is 6.01 Å². The maximum atomic E-state index is 17.4. The van der Waals surface area contributed by atoms with Gasteiger partial charge in [-0.1, -0.05) is 24.1 Å². The Morgan fingerprint density at radius 1 is 0.918 bits per heavy atom. The number of benzene rings is 3. The van der Waals surface area contributed by atoms with E-state index in [1.165, 1.54) is 55.3 Å². The lowest BCUT2D eigenvalue weighted by Gasteiger charge is -2.49. The first-order valence-electron chi connectivity index (χ1n) is 26.3. The van der Waals surface area contributed by atoms with Crippen LogP contribution in [0.2, 0.25) is 0 Å². The topological polar surface area (TPSA) is 157 Å². The highest BCUT2D eigenvalue weighted by Crippen LogP contribution is 2.47. The largest absolute Gasteiger partial charge is 0.508 e. The Labute approximate surface area is 424 Å². The summed E-state index contributed by atoms with van der Waals surface area (Å²) in [6, 6.07) is 14.8. The summed E-state index contributed by atoms with van der Waals surface area (Å²) in [4.78, 5) is 48.1. The van der Waals surface area contributed by atoms with Crippen molar-refractivity contribution in [2.75, 3.05) is 77.0 Å². The van der Waals surface area contributed by atoms with E-state index in [2.05, 4.69) is 59.4 Å². The van der Waals surface area contributed by atoms with Crippen LogP contribution in [0.5, 0.6) is 11.8 Å². The van der Waals surface area contributed by atoms with Gasteiger partial charge in [0, 0.05) is 105 Å². The summed E-state index contributed by atoms with van der Waals surface area (Å²) in [5.41, 5.74) is 3.10. The second kappa shape index (κ2) is 19.5. The van der Waals surface area contributed by atoms with Crippen LogP contribution in [0.3, 0.4) is 0 Å². The van der Waals surface area contributed by atoms with Gasteiger partial charge in [-0.15, -0.1) is 6.42 Å². The number of ether oxygens (including phenoxy) is 1. The molecule has 8 fully saturated rings. The van der Waals surface area contributed by atoms with Gasteiger partial charge in [0.1, 0.15) is 17.3 Å². The highest BCUT2D eigenvalue weighted by molar-refractivity contribution is 6.03. The summed E-state index contributed by atoms with van der Waals surface area (Å²) in [5, 5.41) is 23.3. The first-order valence-corrected chi connectivity index (χ1v) is 26.3. The Morgan fingerprint density at radius 3 is 2.41 bits per heavy atom. The van der Waals surface area contributed by atoms with Crippen LogP contribution in [-0.4, -0.2) is 147 Å². The van der Waals surface area contributed by atoms with Crippen molar-refractivity contribution >= 4 is 39.3 Å². The minimum atomic E-state index is -0.747. The average molecular weight is 992 g/mol. The van der Waals surface area contributed by atoms with Crippen molar-refractivity contribution in [1.82, 2.24) is 50.1 Å². The fourth-order valence-electron chi connectivity index (χ4n) is 12.8. The number of imide groups is 1. The molecule has 7 aliphatic heterocycles. The molecule has 15 nitrogen and oxygen atoms in total. The van der Waals surface area contributed by atoms with Crippen molar-refractivity contribution in [1.29, 1.82) is 0 Å². The summed E-state index contributed by atoms with van der Waals surface area (Å²) in [6.45, 7) is 10.2. The number of amides is 2. The Kier molecular flexibility index (Phi) is 12.7. The first-order chi connectivity index (χ1) is 35.5. The Morgan fingerprint density at radius 2 is 1.67 bits per heavy atom. The molecule has 3 aromatic carbocycles. The predicted octanol–water partition coefficient (Wildman–Crippen LogP) is 6.17. The molecule has 1 saturated carbocycles. The minimum absolute atomic E-state index is 0.0260. The van der Waals surface area contributed by atoms with E-state index in [0.29, 0.717) is 55.8 Å². The summed E-state index contributed by atoms with van der Waals surface area (Å²) in [5.74, 6) is 1.30. The summed E-state index contributed by atoms with van der Waals surface area (Å²) in [7, 11) is 1.94. The number of piperidine rings is 4. The molecule has 5 aromatic rings. The van der Waals surface area contributed by atoms with E-state index in [0.717, 1.165) is 101 Å². The lowest BCUT2D eigenvalue weighted by Crippen LogP contribution is -2.67. The second-order valence-electron chi connectivity index (χ2n) is 22.0. The first kappa shape index (κ1) is 47.7. The fourth-order valence-corrected chi connectivity index (χ4v) is 12.8. The lowest BCUT2D eigenvalue weighted by molar-refractivity contribution is -0.134. The quantitative estimate of drug-likeness (QED) is 0.0965. The van der Waals surface area contributed by atoms with Crippen LogP contribution < -0.4 is 20.3 Å². The molecule has 2 amide bonds. The molecular formula is C56H63F2N11O4. The van der Waals surface area contributed by atoms with Crippen molar-refractivity contribution < 1.29 is 28.2 Å². The zero-order chi connectivity index (χ0) is 50.0. The number of hydrogen-bond acceptors (Lipinski definition) is 13. The molecule has 0 spiro atoms. The maximum absolute atomic E-state index is 17.4. The smallest absolute Gasteiger partial charge is 0.318 e. The number of carbonyl (C=O) groups is 2. The number of hydrogen-bond donors (Lipinski definition) is 3. The summed E-state index contributed by atoms with van der Waals surface area (Å²) in [6.07, 6.45) is 17.2. The van der Waals surface area contributed by atoms with Crippen LogP contribution in [0.4, 0.5) is 14.6 Å². The van der Waals surface area contributed by atoms with Crippen LogP contribution >= 0.6 is 0 Å². The van der Waals surface area contributed by atoms with Gasteiger partial charge in [-0.25, -0.2) is 13.8 Å². The number of nitrogens with zero attached hydrogens (tertiary/aromatic N) is 9. The van der Waals surface area contributed by atoms with Crippen molar-refractivity contribution in [2.45, 2.75) is 87.7 Å². The molecule has 17 heteroatoms. The SMILES string of the molecule is C#Cc1c(F)ccc2cc(O)cc(-c3ncccnc(OCC4(CN5CCC(N6CC(CN7CCC(c8ccc9c(C%10CCC(=O)NC%10=O)nn(C)c9c8)CC7)C6)CC5)CC4)nc(N4CC5CC(C4)N5)c3F)c12. The van der Waals surface area contributed by atoms with E-state index in [4.69, 9.17) is 21.2 Å². The van der Waals surface area contributed by atoms with Crippen LogP contribution in [0, 0.1) is 35.3 Å². The zero-order valence-corrected chi connectivity index (χ0v) is 41.4. The molecular weight excluding hydrogens is 929 g/mol. The number of fused-ring (bicyclic) bond motifs is 4. The number of piperazine rings is 1. The number of carbonyl (C=O) groups excluding carboxylic acids is 2. The van der Waals surface area contributed by atoms with Crippen molar-refractivity contribution in [3.05, 3.63) is 89.4 Å². The summed E-state index contributed by atoms with van der Waals surface area (Å²) >= 11 is 0. The number of phenols is 1. The van der Waals surface area contributed by atoms with Crippen molar-refractivity contribution in [3.63, 3.8) is 0 Å². The zero-order valence-electron chi connectivity index (χ0n) is 41.4. The number of phenolic OH excluding ortho intramolecular Hbond substituents is 1. The number of aryl methyl sites for hydroxylation is 1. The summed E-state index contributed by atoms with van der Waals surface area (Å²) < 4.78 is 40.9. The van der Waals surface area contributed by atoms with Gasteiger partial charge in [0.2, 0.25) is 11.8 Å². The van der Waals surface area contributed by atoms with Crippen molar-refractivity contribution in [2.24, 2.45) is 18.4 Å². The van der Waals surface area contributed by atoms with Crippen LogP contribution in [0.1, 0.15) is 86.4 Å². The normalized spacial score (nSPS) is 23.9. The van der Waals surface area contributed by atoms with Crippen LogP contribution in [-0.2, 0) is 16.6 Å². The van der Waals surface area contributed by atoms with E-state index in [-0.39, 0.29) is 69.1 Å². The number of halogens is 2. The Bertz CT molecular complexity index is 3060. The molecule has 7 saturated heterocycles. The molecule has 3 atom stereocenters. The molecule has 73 heavy (non-hydrogen) atoms. The predicted molar refractivity (Wildman–Crippen MR) is 273 cm³/mol. The number of nitrogens with one attached hydrogen (secondary N) is 2. The third-order valence-corrected chi connectivity index (χ3v) is 17.0. The minimum Gasteiger partial charge on any atom is -0.508 e. The van der Waals surface area contributed by atoms with E-state index >= 15 is 8.78 Å².